The fourth-order valence-corrected chi connectivity index (χ4v) is 1.92. The van der Waals surface area contributed by atoms with Crippen molar-refractivity contribution in [1.29, 1.82) is 0 Å². The van der Waals surface area contributed by atoms with E-state index in [4.69, 9.17) is 0 Å². The summed E-state index contributed by atoms with van der Waals surface area (Å²) in [6.45, 7) is 2.07. The van der Waals surface area contributed by atoms with E-state index >= 15 is 0 Å². The van der Waals surface area contributed by atoms with Gasteiger partial charge in [0.1, 0.15) is 5.75 Å². The average molecular weight is 251 g/mol. The Balaban J connectivity index is 2.31. The van der Waals surface area contributed by atoms with Crippen molar-refractivity contribution in [3.05, 3.63) is 71.3 Å². The molecule has 0 atom stereocenters. The van der Waals surface area contributed by atoms with E-state index in [1.165, 1.54) is 5.56 Å². The number of aromatic hydroxyl groups is 1. The highest BCUT2D eigenvalue weighted by Gasteiger charge is 2.04. The van der Waals surface area contributed by atoms with E-state index in [-0.39, 0.29) is 5.75 Å². The molecule has 0 heterocycles. The van der Waals surface area contributed by atoms with Crippen molar-refractivity contribution in [2.24, 2.45) is 4.99 Å². The summed E-state index contributed by atoms with van der Waals surface area (Å²) < 4.78 is 0. The minimum absolute atomic E-state index is 0.248. The largest absolute Gasteiger partial charge is 0.507 e. The average Bonchev–Trinajstić information content (AvgIpc) is 2.43. The van der Waals surface area contributed by atoms with Gasteiger partial charge < -0.3 is 5.11 Å². The van der Waals surface area contributed by atoms with Crippen LogP contribution >= 0.6 is 0 Å². The van der Waals surface area contributed by atoms with Crippen LogP contribution in [0.15, 0.2) is 59.6 Å². The van der Waals surface area contributed by atoms with Crippen LogP contribution in [0.2, 0.25) is 0 Å². The summed E-state index contributed by atoms with van der Waals surface area (Å²) in [6.07, 6.45) is 3.95. The molecule has 19 heavy (non-hydrogen) atoms. The fourth-order valence-electron chi connectivity index (χ4n) is 1.92. The van der Waals surface area contributed by atoms with E-state index in [1.807, 2.05) is 36.4 Å². The summed E-state index contributed by atoms with van der Waals surface area (Å²) >= 11 is 0. The van der Waals surface area contributed by atoms with Gasteiger partial charge in [-0.25, -0.2) is 0 Å². The molecule has 0 aliphatic carbocycles. The second-order valence-corrected chi connectivity index (χ2v) is 4.32. The van der Waals surface area contributed by atoms with Gasteiger partial charge in [0.25, 0.3) is 0 Å². The Morgan fingerprint density at radius 2 is 1.74 bits per heavy atom. The minimum Gasteiger partial charge on any atom is -0.507 e. The quantitative estimate of drug-likeness (QED) is 0.826. The van der Waals surface area contributed by atoms with Gasteiger partial charge in [-0.05, 0) is 36.3 Å². The van der Waals surface area contributed by atoms with Crippen molar-refractivity contribution in [3.8, 4) is 5.75 Å². The number of hydrogen-bond donors (Lipinski definition) is 1. The summed E-state index contributed by atoms with van der Waals surface area (Å²) in [5.41, 5.74) is 3.88. The maximum atomic E-state index is 9.85. The second kappa shape index (κ2) is 6.01. The summed E-state index contributed by atoms with van der Waals surface area (Å²) in [5, 5.41) is 9.85. The van der Waals surface area contributed by atoms with E-state index in [2.05, 4.69) is 24.0 Å². The summed E-state index contributed by atoms with van der Waals surface area (Å²) in [7, 11) is 1.73. The zero-order valence-electron chi connectivity index (χ0n) is 11.2. The number of para-hydroxylation sites is 1. The van der Waals surface area contributed by atoms with Crippen LogP contribution < -0.4 is 0 Å². The Bertz CT molecular complexity index is 627. The first-order valence-corrected chi connectivity index (χ1v) is 6.21. The lowest BCUT2D eigenvalue weighted by molar-refractivity contribution is 0.474. The number of hydrogen-bond acceptors (Lipinski definition) is 2. The van der Waals surface area contributed by atoms with Gasteiger partial charge >= 0.3 is 0 Å². The van der Waals surface area contributed by atoms with Crippen LogP contribution in [0.4, 0.5) is 0 Å². The molecule has 2 nitrogen and oxygen atoms in total. The van der Waals surface area contributed by atoms with Gasteiger partial charge in [-0.2, -0.15) is 0 Å². The lowest BCUT2D eigenvalue weighted by Crippen LogP contribution is -1.96. The van der Waals surface area contributed by atoms with Crippen molar-refractivity contribution in [2.75, 3.05) is 7.05 Å². The summed E-state index contributed by atoms with van der Waals surface area (Å²) in [6, 6.07) is 15.4. The standard InChI is InChI=1S/C17H17NO/c1-13-7-3-4-8-14(13)11-12-16(18-2)15-9-5-6-10-17(15)19/h3-12,19H,1-2H3/b12-11-,18-16-. The molecule has 0 aromatic heterocycles. The number of aryl methyl sites for hydroxylation is 1. The predicted molar refractivity (Wildman–Crippen MR) is 80.8 cm³/mol. The Labute approximate surface area is 113 Å². The molecule has 0 radical (unpaired) electrons. The number of rotatable bonds is 3. The van der Waals surface area contributed by atoms with Crippen LogP contribution in [-0.4, -0.2) is 17.9 Å². The molecule has 0 amide bonds. The number of aliphatic imine (C=N–C) groups is 1. The van der Waals surface area contributed by atoms with Crippen molar-refractivity contribution >= 4 is 11.8 Å². The molecular weight excluding hydrogens is 234 g/mol. The lowest BCUT2D eigenvalue weighted by Gasteiger charge is -2.04. The highest BCUT2D eigenvalue weighted by atomic mass is 16.3. The second-order valence-electron chi connectivity index (χ2n) is 4.32. The molecular formula is C17H17NO. The first-order valence-electron chi connectivity index (χ1n) is 6.21. The first-order chi connectivity index (χ1) is 9.22. The molecule has 2 aromatic carbocycles. The molecule has 0 fully saturated rings. The van der Waals surface area contributed by atoms with E-state index in [0.717, 1.165) is 16.8 Å². The highest BCUT2D eigenvalue weighted by molar-refractivity contribution is 6.12. The van der Waals surface area contributed by atoms with Crippen LogP contribution in [0.5, 0.6) is 5.75 Å². The molecule has 0 aliphatic heterocycles. The number of phenols is 1. The van der Waals surface area contributed by atoms with Gasteiger partial charge in [-0.15, -0.1) is 0 Å². The van der Waals surface area contributed by atoms with Crippen molar-refractivity contribution in [1.82, 2.24) is 0 Å². The molecule has 0 aliphatic rings. The Kier molecular flexibility index (Phi) is 4.14. The number of allylic oxidation sites excluding steroid dienone is 1. The van der Waals surface area contributed by atoms with E-state index in [1.54, 1.807) is 19.2 Å². The number of benzene rings is 2. The van der Waals surface area contributed by atoms with E-state index in [9.17, 15) is 5.11 Å². The molecule has 0 spiro atoms. The molecule has 2 heteroatoms. The Morgan fingerprint density at radius 1 is 1.05 bits per heavy atom. The van der Waals surface area contributed by atoms with Crippen molar-refractivity contribution in [3.63, 3.8) is 0 Å². The SMILES string of the molecule is C/N=C(/C=C\c1ccccc1C)c1ccccc1O. The molecule has 0 bridgehead atoms. The van der Waals surface area contributed by atoms with E-state index < -0.39 is 0 Å². The summed E-state index contributed by atoms with van der Waals surface area (Å²) in [5.74, 6) is 0.248. The van der Waals surface area contributed by atoms with Gasteiger partial charge in [0.15, 0.2) is 0 Å². The number of nitrogens with zero attached hydrogens (tertiary/aromatic N) is 1. The predicted octanol–water partition coefficient (Wildman–Crippen LogP) is 3.83. The van der Waals surface area contributed by atoms with Crippen molar-refractivity contribution < 1.29 is 5.11 Å². The highest BCUT2D eigenvalue weighted by Crippen LogP contribution is 2.18. The van der Waals surface area contributed by atoms with Crippen LogP contribution in [0.1, 0.15) is 16.7 Å². The molecule has 0 saturated carbocycles. The van der Waals surface area contributed by atoms with Gasteiger partial charge in [-0.1, -0.05) is 42.5 Å². The monoisotopic (exact) mass is 251 g/mol. The molecule has 2 aromatic rings. The molecule has 1 N–H and O–H groups in total. The van der Waals surface area contributed by atoms with Gasteiger partial charge in [-0.3, -0.25) is 4.99 Å². The normalized spacial score (nSPS) is 12.0. The Morgan fingerprint density at radius 3 is 2.42 bits per heavy atom. The molecule has 96 valence electrons. The smallest absolute Gasteiger partial charge is 0.124 e. The topological polar surface area (TPSA) is 32.6 Å². The zero-order valence-corrected chi connectivity index (χ0v) is 11.2. The third-order valence-corrected chi connectivity index (χ3v) is 3.03. The van der Waals surface area contributed by atoms with Crippen LogP contribution in [0.3, 0.4) is 0 Å². The third kappa shape index (κ3) is 3.10. The first kappa shape index (κ1) is 13.1. The number of phenolic OH excluding ortho intramolecular Hbond substituents is 1. The van der Waals surface area contributed by atoms with Crippen LogP contribution in [-0.2, 0) is 0 Å². The zero-order chi connectivity index (χ0) is 13.7. The van der Waals surface area contributed by atoms with Crippen LogP contribution in [0.25, 0.3) is 6.08 Å². The third-order valence-electron chi connectivity index (χ3n) is 3.03. The Hall–Kier alpha value is -2.35. The van der Waals surface area contributed by atoms with Crippen LogP contribution in [0, 0.1) is 6.92 Å². The van der Waals surface area contributed by atoms with Crippen molar-refractivity contribution in [2.45, 2.75) is 6.92 Å². The van der Waals surface area contributed by atoms with E-state index in [0.29, 0.717) is 0 Å². The van der Waals surface area contributed by atoms with Gasteiger partial charge in [0, 0.05) is 12.6 Å². The maximum Gasteiger partial charge on any atom is 0.124 e. The van der Waals surface area contributed by atoms with Gasteiger partial charge in [0.05, 0.1) is 5.71 Å². The maximum absolute atomic E-state index is 9.85. The molecule has 0 saturated heterocycles. The molecule has 2 rings (SSSR count). The molecule has 0 unspecified atom stereocenters. The lowest BCUT2D eigenvalue weighted by atomic mass is 10.0. The van der Waals surface area contributed by atoms with Gasteiger partial charge in [0.2, 0.25) is 0 Å². The fraction of sp³-hybridized carbons (Fsp3) is 0.118. The minimum atomic E-state index is 0.248. The summed E-state index contributed by atoms with van der Waals surface area (Å²) in [4.78, 5) is 4.23.